The van der Waals surface area contributed by atoms with Gasteiger partial charge in [0.05, 0.1) is 0 Å². The standard InChI is InChI=1S/C16H22ClN/c17-12-16(9-4-10-16)18-11-14-7-3-6-13-5-1-2-8-15(13)14/h1-2,5,8,14,18H,3-4,6-7,9-12H2. The van der Waals surface area contributed by atoms with E-state index in [1.165, 1.54) is 38.5 Å². The minimum atomic E-state index is 0.258. The summed E-state index contributed by atoms with van der Waals surface area (Å²) in [7, 11) is 0. The predicted molar refractivity (Wildman–Crippen MR) is 77.4 cm³/mol. The van der Waals surface area contributed by atoms with Crippen molar-refractivity contribution in [2.24, 2.45) is 0 Å². The summed E-state index contributed by atoms with van der Waals surface area (Å²) in [5.74, 6) is 1.46. The van der Waals surface area contributed by atoms with Crippen LogP contribution in [-0.4, -0.2) is 18.0 Å². The minimum Gasteiger partial charge on any atom is -0.309 e. The summed E-state index contributed by atoms with van der Waals surface area (Å²) in [6.07, 6.45) is 7.75. The molecule has 1 atom stereocenters. The van der Waals surface area contributed by atoms with Gasteiger partial charge in [0.2, 0.25) is 0 Å². The molecule has 0 bridgehead atoms. The van der Waals surface area contributed by atoms with Gasteiger partial charge in [0.15, 0.2) is 0 Å². The maximum absolute atomic E-state index is 6.12. The first-order valence-corrected chi connectivity index (χ1v) is 7.75. The third-order valence-electron chi connectivity index (χ3n) is 4.78. The Morgan fingerprint density at radius 2 is 2.06 bits per heavy atom. The second kappa shape index (κ2) is 5.22. The van der Waals surface area contributed by atoms with Gasteiger partial charge < -0.3 is 5.32 Å². The average molecular weight is 264 g/mol. The molecule has 1 fully saturated rings. The van der Waals surface area contributed by atoms with Gasteiger partial charge in [0.1, 0.15) is 0 Å². The summed E-state index contributed by atoms with van der Waals surface area (Å²) < 4.78 is 0. The second-order valence-electron chi connectivity index (χ2n) is 5.94. The molecule has 1 nitrogen and oxygen atoms in total. The molecule has 1 saturated carbocycles. The SMILES string of the molecule is ClCC1(NCC2CCCc3ccccc32)CCC1. The number of fused-ring (bicyclic) bond motifs is 1. The van der Waals surface area contributed by atoms with Gasteiger partial charge in [-0.3, -0.25) is 0 Å². The molecule has 98 valence electrons. The lowest BCUT2D eigenvalue weighted by atomic mass is 9.77. The first kappa shape index (κ1) is 12.5. The van der Waals surface area contributed by atoms with Crippen LogP contribution >= 0.6 is 11.6 Å². The molecule has 2 aliphatic rings. The first-order valence-electron chi connectivity index (χ1n) is 7.22. The monoisotopic (exact) mass is 263 g/mol. The number of aryl methyl sites for hydroxylation is 1. The lowest BCUT2D eigenvalue weighted by molar-refractivity contribution is 0.207. The highest BCUT2D eigenvalue weighted by atomic mass is 35.5. The van der Waals surface area contributed by atoms with E-state index in [0.717, 1.165) is 12.4 Å². The summed E-state index contributed by atoms with van der Waals surface area (Å²) >= 11 is 6.12. The molecule has 0 heterocycles. The van der Waals surface area contributed by atoms with Gasteiger partial charge in [-0.15, -0.1) is 11.6 Å². The molecule has 18 heavy (non-hydrogen) atoms. The Morgan fingerprint density at radius 3 is 2.78 bits per heavy atom. The van der Waals surface area contributed by atoms with Crippen molar-refractivity contribution < 1.29 is 0 Å². The Bertz CT molecular complexity index is 406. The normalized spacial score (nSPS) is 25.3. The van der Waals surface area contributed by atoms with Crippen LogP contribution in [0.3, 0.4) is 0 Å². The molecule has 2 heteroatoms. The molecule has 0 aromatic heterocycles. The Labute approximate surface area is 115 Å². The van der Waals surface area contributed by atoms with Crippen molar-refractivity contribution in [1.82, 2.24) is 5.32 Å². The number of alkyl halides is 1. The fourth-order valence-electron chi connectivity index (χ4n) is 3.37. The Balaban J connectivity index is 1.67. The maximum atomic E-state index is 6.12. The zero-order valence-electron chi connectivity index (χ0n) is 10.9. The number of nitrogens with one attached hydrogen (secondary N) is 1. The summed E-state index contributed by atoms with van der Waals surface area (Å²) in [6.45, 7) is 1.10. The lowest BCUT2D eigenvalue weighted by Gasteiger charge is -2.42. The molecule has 1 unspecified atom stereocenters. The smallest absolute Gasteiger partial charge is 0.0406 e. The fraction of sp³-hybridized carbons (Fsp3) is 0.625. The molecule has 1 aromatic rings. The quantitative estimate of drug-likeness (QED) is 0.814. The number of rotatable bonds is 4. The van der Waals surface area contributed by atoms with Crippen LogP contribution in [0, 0.1) is 0 Å². The summed E-state index contributed by atoms with van der Waals surface area (Å²) in [5.41, 5.74) is 3.39. The van der Waals surface area contributed by atoms with Crippen LogP contribution in [0.2, 0.25) is 0 Å². The van der Waals surface area contributed by atoms with Gasteiger partial charge in [0, 0.05) is 18.0 Å². The van der Waals surface area contributed by atoms with E-state index in [1.54, 1.807) is 11.1 Å². The van der Waals surface area contributed by atoms with E-state index in [4.69, 9.17) is 11.6 Å². The van der Waals surface area contributed by atoms with Crippen molar-refractivity contribution >= 4 is 11.6 Å². The second-order valence-corrected chi connectivity index (χ2v) is 6.20. The molecule has 3 rings (SSSR count). The van der Waals surface area contributed by atoms with Crippen molar-refractivity contribution in [3.8, 4) is 0 Å². The molecule has 1 aromatic carbocycles. The van der Waals surface area contributed by atoms with E-state index in [2.05, 4.69) is 29.6 Å². The summed E-state index contributed by atoms with van der Waals surface area (Å²) in [5, 5.41) is 3.76. The van der Waals surface area contributed by atoms with E-state index in [9.17, 15) is 0 Å². The maximum Gasteiger partial charge on any atom is 0.0406 e. The van der Waals surface area contributed by atoms with Crippen molar-refractivity contribution in [3.63, 3.8) is 0 Å². The van der Waals surface area contributed by atoms with E-state index in [-0.39, 0.29) is 5.54 Å². The molecule has 0 aliphatic heterocycles. The van der Waals surface area contributed by atoms with Crippen LogP contribution in [0.25, 0.3) is 0 Å². The molecule has 2 aliphatic carbocycles. The van der Waals surface area contributed by atoms with Crippen LogP contribution in [0.1, 0.15) is 49.1 Å². The van der Waals surface area contributed by atoms with E-state index in [1.807, 2.05) is 0 Å². The highest BCUT2D eigenvalue weighted by molar-refractivity contribution is 6.18. The number of benzene rings is 1. The Hall–Kier alpha value is -0.530. The minimum absolute atomic E-state index is 0.258. The predicted octanol–water partition coefficient (Wildman–Crippen LogP) is 3.86. The van der Waals surface area contributed by atoms with Crippen LogP contribution in [0.4, 0.5) is 0 Å². The zero-order valence-corrected chi connectivity index (χ0v) is 11.7. The van der Waals surface area contributed by atoms with Gasteiger partial charge in [-0.25, -0.2) is 0 Å². The van der Waals surface area contributed by atoms with Gasteiger partial charge in [-0.05, 0) is 55.6 Å². The molecule has 0 spiro atoms. The zero-order chi connectivity index (χ0) is 12.4. The molecule has 1 N–H and O–H groups in total. The molecule has 0 radical (unpaired) electrons. The summed E-state index contributed by atoms with van der Waals surface area (Å²) in [6, 6.07) is 8.95. The van der Waals surface area contributed by atoms with Crippen LogP contribution < -0.4 is 5.32 Å². The van der Waals surface area contributed by atoms with Gasteiger partial charge >= 0.3 is 0 Å². The van der Waals surface area contributed by atoms with Crippen LogP contribution in [0.5, 0.6) is 0 Å². The van der Waals surface area contributed by atoms with Crippen LogP contribution in [-0.2, 0) is 6.42 Å². The van der Waals surface area contributed by atoms with Gasteiger partial charge in [-0.2, -0.15) is 0 Å². The van der Waals surface area contributed by atoms with Crippen molar-refractivity contribution in [2.75, 3.05) is 12.4 Å². The molecule has 0 saturated heterocycles. The Morgan fingerprint density at radius 1 is 1.22 bits per heavy atom. The molecule has 0 amide bonds. The van der Waals surface area contributed by atoms with Gasteiger partial charge in [0.25, 0.3) is 0 Å². The average Bonchev–Trinajstić information content (AvgIpc) is 2.38. The highest BCUT2D eigenvalue weighted by Crippen LogP contribution is 2.35. The topological polar surface area (TPSA) is 12.0 Å². The van der Waals surface area contributed by atoms with Gasteiger partial charge in [-0.1, -0.05) is 24.3 Å². The Kier molecular flexibility index (Phi) is 3.63. The van der Waals surface area contributed by atoms with E-state index in [0.29, 0.717) is 5.92 Å². The van der Waals surface area contributed by atoms with Crippen molar-refractivity contribution in [2.45, 2.75) is 50.0 Å². The van der Waals surface area contributed by atoms with Crippen molar-refractivity contribution in [3.05, 3.63) is 35.4 Å². The third kappa shape index (κ3) is 2.31. The van der Waals surface area contributed by atoms with Crippen molar-refractivity contribution in [1.29, 1.82) is 0 Å². The van der Waals surface area contributed by atoms with E-state index >= 15 is 0 Å². The fourth-order valence-corrected chi connectivity index (χ4v) is 3.73. The number of halogens is 1. The third-order valence-corrected chi connectivity index (χ3v) is 5.30. The first-order chi connectivity index (χ1) is 8.83. The largest absolute Gasteiger partial charge is 0.309 e. The molecular formula is C16H22ClN. The molecular weight excluding hydrogens is 242 g/mol. The number of hydrogen-bond donors (Lipinski definition) is 1. The summed E-state index contributed by atoms with van der Waals surface area (Å²) in [4.78, 5) is 0. The van der Waals surface area contributed by atoms with Crippen LogP contribution in [0.15, 0.2) is 24.3 Å². The lowest BCUT2D eigenvalue weighted by Crippen LogP contribution is -2.53. The number of hydrogen-bond acceptors (Lipinski definition) is 1. The van der Waals surface area contributed by atoms with E-state index < -0.39 is 0 Å². The highest BCUT2D eigenvalue weighted by Gasteiger charge is 2.36.